The van der Waals surface area contributed by atoms with Gasteiger partial charge in [-0.1, -0.05) is 34.7 Å². The number of aromatic amines is 1. The van der Waals surface area contributed by atoms with Gasteiger partial charge in [0.1, 0.15) is 5.82 Å². The smallest absolute Gasteiger partial charge is 0.258 e. The van der Waals surface area contributed by atoms with Crippen molar-refractivity contribution in [3.05, 3.63) is 40.4 Å². The topological polar surface area (TPSA) is 45.8 Å². The van der Waals surface area contributed by atoms with Gasteiger partial charge in [0.15, 0.2) is 0 Å². The van der Waals surface area contributed by atoms with Crippen LogP contribution in [-0.2, 0) is 6.42 Å². The molecule has 0 atom stereocenters. The van der Waals surface area contributed by atoms with Crippen LogP contribution in [-0.4, -0.2) is 14.4 Å². The van der Waals surface area contributed by atoms with Gasteiger partial charge in [-0.3, -0.25) is 4.79 Å². The van der Waals surface area contributed by atoms with Crippen LogP contribution in [0.5, 0.6) is 0 Å². The summed E-state index contributed by atoms with van der Waals surface area (Å²) in [6.07, 6.45) is 1.88. The van der Waals surface area contributed by atoms with Crippen LogP contribution in [0.1, 0.15) is 12.2 Å². The molecule has 2 aromatic rings. The fraction of sp³-hybridized carbons (Fsp3) is 0.273. The Kier molecular flexibility index (Phi) is 3.35. The summed E-state index contributed by atoms with van der Waals surface area (Å²) < 4.78 is 1.08. The van der Waals surface area contributed by atoms with Gasteiger partial charge in [-0.25, -0.2) is 4.98 Å². The van der Waals surface area contributed by atoms with Gasteiger partial charge in [-0.05, 0) is 23.0 Å². The summed E-state index contributed by atoms with van der Waals surface area (Å²) in [4.78, 5) is 18.9. The Balaban J connectivity index is 2.48. The van der Waals surface area contributed by atoms with E-state index in [1.807, 2.05) is 18.2 Å². The third-order valence-corrected chi connectivity index (χ3v) is 2.97. The molecule has 3 nitrogen and oxygen atoms in total. The molecule has 0 saturated heterocycles. The number of rotatable bonds is 3. The van der Waals surface area contributed by atoms with E-state index in [4.69, 9.17) is 0 Å². The predicted octanol–water partition coefficient (Wildman–Crippen LogP) is 2.29. The van der Waals surface area contributed by atoms with Crippen LogP contribution >= 0.6 is 22.6 Å². The number of benzene rings is 1. The number of nitrogens with one attached hydrogen (secondary N) is 1. The molecule has 0 aliphatic carbocycles. The Morgan fingerprint density at radius 2 is 2.13 bits per heavy atom. The van der Waals surface area contributed by atoms with Crippen molar-refractivity contribution in [2.75, 3.05) is 4.43 Å². The van der Waals surface area contributed by atoms with Crippen molar-refractivity contribution in [1.82, 2.24) is 9.97 Å². The molecule has 0 aliphatic rings. The molecule has 0 amide bonds. The number of H-pyrrole nitrogens is 1. The maximum Gasteiger partial charge on any atom is 0.258 e. The molecule has 15 heavy (non-hydrogen) atoms. The quantitative estimate of drug-likeness (QED) is 0.698. The van der Waals surface area contributed by atoms with Crippen LogP contribution in [0.4, 0.5) is 0 Å². The Hall–Kier alpha value is -0.910. The Morgan fingerprint density at radius 3 is 2.93 bits per heavy atom. The second-order valence-corrected chi connectivity index (χ2v) is 4.40. The predicted molar refractivity (Wildman–Crippen MR) is 69.6 cm³/mol. The van der Waals surface area contributed by atoms with Gasteiger partial charge in [-0.15, -0.1) is 0 Å². The molecule has 78 valence electrons. The lowest BCUT2D eigenvalue weighted by Gasteiger charge is -2.01. The van der Waals surface area contributed by atoms with E-state index in [0.29, 0.717) is 5.39 Å². The molecule has 0 unspecified atom stereocenters. The van der Waals surface area contributed by atoms with E-state index in [2.05, 4.69) is 32.6 Å². The third kappa shape index (κ3) is 2.37. The third-order valence-electron chi connectivity index (χ3n) is 2.21. The molecule has 0 saturated carbocycles. The maximum absolute atomic E-state index is 11.7. The first-order valence-corrected chi connectivity index (χ1v) is 6.38. The second-order valence-electron chi connectivity index (χ2n) is 3.32. The standard InChI is InChI=1S/C11H11IN2O/c12-7-3-6-10-13-9-5-2-1-4-8(9)11(15)14-10/h1-2,4-5H,3,6-7H2,(H,13,14,15). The highest BCUT2D eigenvalue weighted by atomic mass is 127. The first-order valence-electron chi connectivity index (χ1n) is 4.85. The molecule has 4 heteroatoms. The van der Waals surface area contributed by atoms with Crippen molar-refractivity contribution in [2.45, 2.75) is 12.8 Å². The highest BCUT2D eigenvalue weighted by molar-refractivity contribution is 14.1. The molecule has 1 heterocycles. The minimum absolute atomic E-state index is 0.0379. The number of nitrogens with zero attached hydrogens (tertiary/aromatic N) is 1. The van der Waals surface area contributed by atoms with Crippen LogP contribution < -0.4 is 5.56 Å². The summed E-state index contributed by atoms with van der Waals surface area (Å²) in [7, 11) is 0. The van der Waals surface area contributed by atoms with Crippen molar-refractivity contribution >= 4 is 33.5 Å². The van der Waals surface area contributed by atoms with Crippen molar-refractivity contribution in [3.63, 3.8) is 0 Å². The van der Waals surface area contributed by atoms with E-state index < -0.39 is 0 Å². The van der Waals surface area contributed by atoms with Gasteiger partial charge in [0, 0.05) is 6.42 Å². The van der Waals surface area contributed by atoms with E-state index in [1.165, 1.54) is 0 Å². The number of aromatic nitrogens is 2. The van der Waals surface area contributed by atoms with Crippen molar-refractivity contribution in [2.24, 2.45) is 0 Å². The van der Waals surface area contributed by atoms with Crippen LogP contribution in [0.3, 0.4) is 0 Å². The molecule has 0 spiro atoms. The normalized spacial score (nSPS) is 10.7. The maximum atomic E-state index is 11.7. The van der Waals surface area contributed by atoms with Gasteiger partial charge < -0.3 is 4.98 Å². The van der Waals surface area contributed by atoms with Gasteiger partial charge >= 0.3 is 0 Å². The van der Waals surface area contributed by atoms with Crippen LogP contribution in [0, 0.1) is 0 Å². The number of alkyl halides is 1. The van der Waals surface area contributed by atoms with Gasteiger partial charge in [-0.2, -0.15) is 0 Å². The summed E-state index contributed by atoms with van der Waals surface area (Å²) >= 11 is 2.32. The molecule has 1 aromatic heterocycles. The van der Waals surface area contributed by atoms with Gasteiger partial charge in [0.05, 0.1) is 10.9 Å². The highest BCUT2D eigenvalue weighted by Crippen LogP contribution is 2.06. The fourth-order valence-corrected chi connectivity index (χ4v) is 1.87. The molecule has 0 radical (unpaired) electrons. The lowest BCUT2D eigenvalue weighted by Crippen LogP contribution is -2.11. The summed E-state index contributed by atoms with van der Waals surface area (Å²) in [6.45, 7) is 0. The van der Waals surface area contributed by atoms with Crippen LogP contribution in [0.25, 0.3) is 10.9 Å². The van der Waals surface area contributed by atoms with Gasteiger partial charge in [0.25, 0.3) is 5.56 Å². The molecular weight excluding hydrogens is 303 g/mol. The SMILES string of the molecule is O=c1[nH]c(CCCI)nc2ccccc12. The number of fused-ring (bicyclic) bond motifs is 1. The average molecular weight is 314 g/mol. The van der Waals surface area contributed by atoms with E-state index in [1.54, 1.807) is 6.07 Å². The largest absolute Gasteiger partial charge is 0.310 e. The molecule has 2 rings (SSSR count). The van der Waals surface area contributed by atoms with Crippen molar-refractivity contribution in [3.8, 4) is 0 Å². The van der Waals surface area contributed by atoms with E-state index >= 15 is 0 Å². The zero-order chi connectivity index (χ0) is 10.7. The molecule has 0 bridgehead atoms. The Morgan fingerprint density at radius 1 is 1.33 bits per heavy atom. The number of hydrogen-bond donors (Lipinski definition) is 1. The fourth-order valence-electron chi connectivity index (χ4n) is 1.49. The minimum Gasteiger partial charge on any atom is -0.310 e. The Labute approximate surface area is 101 Å². The average Bonchev–Trinajstić information content (AvgIpc) is 2.26. The number of halogens is 1. The number of para-hydroxylation sites is 1. The lowest BCUT2D eigenvalue weighted by atomic mass is 10.2. The van der Waals surface area contributed by atoms with Crippen molar-refractivity contribution in [1.29, 1.82) is 0 Å². The zero-order valence-corrected chi connectivity index (χ0v) is 10.3. The monoisotopic (exact) mass is 314 g/mol. The summed E-state index contributed by atoms with van der Waals surface area (Å²) in [6, 6.07) is 7.42. The molecule has 1 N–H and O–H groups in total. The second kappa shape index (κ2) is 4.74. The summed E-state index contributed by atoms with van der Waals surface area (Å²) in [5.41, 5.74) is 0.744. The summed E-state index contributed by atoms with van der Waals surface area (Å²) in [5, 5.41) is 0.663. The van der Waals surface area contributed by atoms with E-state index in [9.17, 15) is 4.79 Å². The first kappa shape index (κ1) is 10.6. The molecule has 1 aromatic carbocycles. The molecule has 0 fully saturated rings. The van der Waals surface area contributed by atoms with Crippen LogP contribution in [0.15, 0.2) is 29.1 Å². The summed E-state index contributed by atoms with van der Waals surface area (Å²) in [5.74, 6) is 0.787. The molecular formula is C11H11IN2O. The van der Waals surface area contributed by atoms with E-state index in [0.717, 1.165) is 28.6 Å². The van der Waals surface area contributed by atoms with Crippen molar-refractivity contribution < 1.29 is 0 Å². The lowest BCUT2D eigenvalue weighted by molar-refractivity contribution is 0.851. The highest BCUT2D eigenvalue weighted by Gasteiger charge is 2.01. The minimum atomic E-state index is -0.0379. The zero-order valence-electron chi connectivity index (χ0n) is 8.16. The molecule has 0 aliphatic heterocycles. The van der Waals surface area contributed by atoms with Gasteiger partial charge in [0.2, 0.25) is 0 Å². The number of hydrogen-bond acceptors (Lipinski definition) is 2. The first-order chi connectivity index (χ1) is 7.31. The van der Waals surface area contributed by atoms with Crippen LogP contribution in [0.2, 0.25) is 0 Å². The van der Waals surface area contributed by atoms with E-state index in [-0.39, 0.29) is 5.56 Å². The number of aryl methyl sites for hydroxylation is 1. The Bertz CT molecular complexity index is 521.